The summed E-state index contributed by atoms with van der Waals surface area (Å²) in [5.41, 5.74) is 1.29. The molecule has 3 rings (SSSR count). The van der Waals surface area contributed by atoms with Gasteiger partial charge in [0.25, 0.3) is 0 Å². The molecule has 1 heterocycles. The summed E-state index contributed by atoms with van der Waals surface area (Å²) in [7, 11) is 1.54. The van der Waals surface area contributed by atoms with Crippen LogP contribution in [-0.2, 0) is 23.8 Å². The number of methoxy groups -OCH3 is 1. The van der Waals surface area contributed by atoms with E-state index in [-0.39, 0.29) is 23.9 Å². The second-order valence-electron chi connectivity index (χ2n) is 7.16. The van der Waals surface area contributed by atoms with Crippen LogP contribution in [0.4, 0.5) is 0 Å². The molecular formula is C20H27NO5. The van der Waals surface area contributed by atoms with Gasteiger partial charge in [0.15, 0.2) is 6.29 Å². The van der Waals surface area contributed by atoms with Gasteiger partial charge in [0, 0.05) is 26.9 Å². The summed E-state index contributed by atoms with van der Waals surface area (Å²) in [6, 6.07) is 9.86. The van der Waals surface area contributed by atoms with Gasteiger partial charge in [0.1, 0.15) is 12.1 Å². The number of hydrogen-bond donors (Lipinski definition) is 1. The number of benzene rings is 1. The SMILES string of the molecule is CO[C@@H]1O[C@@H]2CC[C@H](c3ccccc3)C[C@@H]2[C@H](OC(C)=O)[C@H]1NC(C)=O. The fraction of sp³-hybridized carbons (Fsp3) is 0.600. The molecule has 1 aliphatic carbocycles. The summed E-state index contributed by atoms with van der Waals surface area (Å²) in [5.74, 6) is -0.161. The van der Waals surface area contributed by atoms with Crippen LogP contribution in [0.15, 0.2) is 30.3 Å². The summed E-state index contributed by atoms with van der Waals surface area (Å²) < 4.78 is 17.2. The highest BCUT2D eigenvalue weighted by Gasteiger charge is 2.50. The Morgan fingerprint density at radius 1 is 1.15 bits per heavy atom. The molecule has 2 fully saturated rings. The molecule has 0 radical (unpaired) electrons. The van der Waals surface area contributed by atoms with E-state index in [1.807, 2.05) is 18.2 Å². The van der Waals surface area contributed by atoms with Crippen LogP contribution in [0.25, 0.3) is 0 Å². The number of nitrogens with one attached hydrogen (secondary N) is 1. The molecule has 1 aromatic rings. The molecule has 1 saturated carbocycles. The van der Waals surface area contributed by atoms with Gasteiger partial charge >= 0.3 is 5.97 Å². The minimum atomic E-state index is -0.627. The zero-order chi connectivity index (χ0) is 18.7. The summed E-state index contributed by atoms with van der Waals surface area (Å²) in [5, 5.41) is 2.86. The van der Waals surface area contributed by atoms with Crippen molar-refractivity contribution in [1.82, 2.24) is 5.32 Å². The fourth-order valence-corrected chi connectivity index (χ4v) is 4.34. The molecule has 6 heteroatoms. The molecule has 6 atom stereocenters. The molecule has 1 saturated heterocycles. The van der Waals surface area contributed by atoms with Crippen molar-refractivity contribution in [2.75, 3.05) is 7.11 Å². The Balaban J connectivity index is 1.86. The summed E-state index contributed by atoms with van der Waals surface area (Å²) >= 11 is 0. The molecule has 1 amide bonds. The Morgan fingerprint density at radius 2 is 1.88 bits per heavy atom. The standard InChI is InChI=1S/C20H27NO5/c1-12(22)21-18-19(25-13(2)23)16-11-15(14-7-5-4-6-8-14)9-10-17(16)26-20(18)24-3/h4-8,15-20H,9-11H2,1-3H3,(H,21,22)/t15-,16-,17+,18+,19-,20+/m0/s1. The van der Waals surface area contributed by atoms with E-state index in [0.717, 1.165) is 19.3 Å². The van der Waals surface area contributed by atoms with Gasteiger partial charge in [-0.2, -0.15) is 0 Å². The predicted molar refractivity (Wildman–Crippen MR) is 95.4 cm³/mol. The van der Waals surface area contributed by atoms with Crippen LogP contribution in [0.1, 0.15) is 44.6 Å². The summed E-state index contributed by atoms with van der Waals surface area (Å²) in [4.78, 5) is 23.4. The number of amides is 1. The van der Waals surface area contributed by atoms with Crippen molar-refractivity contribution in [2.24, 2.45) is 5.92 Å². The van der Waals surface area contributed by atoms with Crippen molar-refractivity contribution >= 4 is 11.9 Å². The summed E-state index contributed by atoms with van der Waals surface area (Å²) in [6.07, 6.45) is 1.59. The van der Waals surface area contributed by atoms with Crippen LogP contribution >= 0.6 is 0 Å². The number of hydrogen-bond acceptors (Lipinski definition) is 5. The Kier molecular flexibility index (Phi) is 5.94. The molecule has 142 valence electrons. The minimum absolute atomic E-state index is 0.0149. The molecule has 0 unspecified atom stereocenters. The number of carbonyl (C=O) groups is 2. The first kappa shape index (κ1) is 18.9. The highest BCUT2D eigenvalue weighted by molar-refractivity contribution is 5.73. The lowest BCUT2D eigenvalue weighted by Gasteiger charge is -2.49. The molecule has 0 bridgehead atoms. The van der Waals surface area contributed by atoms with Gasteiger partial charge in [-0.25, -0.2) is 0 Å². The number of carbonyl (C=O) groups excluding carboxylic acids is 2. The highest BCUT2D eigenvalue weighted by atomic mass is 16.7. The van der Waals surface area contributed by atoms with E-state index in [1.54, 1.807) is 7.11 Å². The first-order valence-corrected chi connectivity index (χ1v) is 9.17. The van der Waals surface area contributed by atoms with Crippen LogP contribution in [-0.4, -0.2) is 43.5 Å². The lowest BCUT2D eigenvalue weighted by Crippen LogP contribution is -2.63. The Hall–Kier alpha value is -1.92. The maximum atomic E-state index is 11.7. The van der Waals surface area contributed by atoms with E-state index in [4.69, 9.17) is 14.2 Å². The topological polar surface area (TPSA) is 73.9 Å². The van der Waals surface area contributed by atoms with E-state index in [1.165, 1.54) is 19.4 Å². The fourth-order valence-electron chi connectivity index (χ4n) is 4.34. The zero-order valence-electron chi connectivity index (χ0n) is 15.5. The quantitative estimate of drug-likeness (QED) is 0.834. The van der Waals surface area contributed by atoms with E-state index in [2.05, 4.69) is 17.4 Å². The molecule has 0 aromatic heterocycles. The second-order valence-corrected chi connectivity index (χ2v) is 7.16. The van der Waals surface area contributed by atoms with Crippen LogP contribution in [0, 0.1) is 5.92 Å². The van der Waals surface area contributed by atoms with Crippen molar-refractivity contribution in [2.45, 2.75) is 63.6 Å². The smallest absolute Gasteiger partial charge is 0.302 e. The monoisotopic (exact) mass is 361 g/mol. The minimum Gasteiger partial charge on any atom is -0.460 e. The summed E-state index contributed by atoms with van der Waals surface area (Å²) in [6.45, 7) is 2.84. The van der Waals surface area contributed by atoms with Crippen molar-refractivity contribution in [1.29, 1.82) is 0 Å². The number of ether oxygens (including phenoxy) is 3. The molecular weight excluding hydrogens is 334 g/mol. The van der Waals surface area contributed by atoms with E-state index in [9.17, 15) is 9.59 Å². The van der Waals surface area contributed by atoms with E-state index in [0.29, 0.717) is 5.92 Å². The lowest BCUT2D eigenvalue weighted by atomic mass is 9.71. The number of esters is 1. The molecule has 1 aliphatic heterocycles. The largest absolute Gasteiger partial charge is 0.460 e. The predicted octanol–water partition coefficient (Wildman–Crippen LogP) is 2.38. The Morgan fingerprint density at radius 3 is 2.50 bits per heavy atom. The van der Waals surface area contributed by atoms with Crippen LogP contribution in [0.2, 0.25) is 0 Å². The Bertz CT molecular complexity index is 634. The number of fused-ring (bicyclic) bond motifs is 1. The van der Waals surface area contributed by atoms with Gasteiger partial charge < -0.3 is 19.5 Å². The van der Waals surface area contributed by atoms with Gasteiger partial charge in [-0.3, -0.25) is 9.59 Å². The average molecular weight is 361 g/mol. The maximum Gasteiger partial charge on any atom is 0.302 e. The Labute approximate surface area is 154 Å². The van der Waals surface area contributed by atoms with Gasteiger partial charge in [-0.05, 0) is 30.7 Å². The average Bonchev–Trinajstić information content (AvgIpc) is 2.63. The van der Waals surface area contributed by atoms with Gasteiger partial charge in [0.2, 0.25) is 5.91 Å². The molecule has 6 nitrogen and oxygen atoms in total. The molecule has 26 heavy (non-hydrogen) atoms. The van der Waals surface area contributed by atoms with Crippen LogP contribution in [0.5, 0.6) is 0 Å². The molecule has 1 aromatic carbocycles. The van der Waals surface area contributed by atoms with Gasteiger partial charge in [0.05, 0.1) is 6.10 Å². The van der Waals surface area contributed by atoms with Crippen molar-refractivity contribution < 1.29 is 23.8 Å². The van der Waals surface area contributed by atoms with Crippen molar-refractivity contribution in [3.05, 3.63) is 35.9 Å². The highest BCUT2D eigenvalue weighted by Crippen LogP contribution is 2.44. The third-order valence-corrected chi connectivity index (χ3v) is 5.39. The van der Waals surface area contributed by atoms with Crippen LogP contribution < -0.4 is 5.32 Å². The van der Waals surface area contributed by atoms with Crippen molar-refractivity contribution in [3.8, 4) is 0 Å². The molecule has 1 N–H and O–H groups in total. The maximum absolute atomic E-state index is 11.7. The van der Waals surface area contributed by atoms with Gasteiger partial charge in [-0.15, -0.1) is 0 Å². The number of rotatable bonds is 4. The first-order valence-electron chi connectivity index (χ1n) is 9.17. The second kappa shape index (κ2) is 8.18. The van der Waals surface area contributed by atoms with E-state index < -0.39 is 18.4 Å². The molecule has 2 aliphatic rings. The van der Waals surface area contributed by atoms with Gasteiger partial charge in [-0.1, -0.05) is 30.3 Å². The lowest BCUT2D eigenvalue weighted by molar-refractivity contribution is -0.254. The molecule has 0 spiro atoms. The van der Waals surface area contributed by atoms with Crippen LogP contribution in [0.3, 0.4) is 0 Å². The van der Waals surface area contributed by atoms with E-state index >= 15 is 0 Å². The first-order chi connectivity index (χ1) is 12.5. The third kappa shape index (κ3) is 4.07. The van der Waals surface area contributed by atoms with Crippen molar-refractivity contribution in [3.63, 3.8) is 0 Å². The zero-order valence-corrected chi connectivity index (χ0v) is 15.5. The normalized spacial score (nSPS) is 33.8. The third-order valence-electron chi connectivity index (χ3n) is 5.39.